The number of hydrogen-bond donors (Lipinski definition) is 2. The topological polar surface area (TPSA) is 40.7 Å². The van der Waals surface area contributed by atoms with Crippen LogP contribution < -0.4 is 5.32 Å². The van der Waals surface area contributed by atoms with Crippen LogP contribution in [0.15, 0.2) is 48.5 Å². The maximum atomic E-state index is 4.88. The lowest BCUT2D eigenvalue weighted by Crippen LogP contribution is -2.24. The van der Waals surface area contributed by atoms with E-state index in [-0.39, 0.29) is 6.04 Å². The molecule has 1 aliphatic carbocycles. The van der Waals surface area contributed by atoms with Crippen molar-refractivity contribution in [3.8, 4) is 0 Å². The second-order valence-electron chi connectivity index (χ2n) is 7.03. The molecule has 3 aromatic rings. The summed E-state index contributed by atoms with van der Waals surface area (Å²) in [6, 6.07) is 17.2. The fraction of sp³-hybridized carbons (Fsp3) is 0.381. The Labute approximate surface area is 143 Å². The summed E-state index contributed by atoms with van der Waals surface area (Å²) >= 11 is 0. The predicted octanol–water partition coefficient (Wildman–Crippen LogP) is 5.60. The number of hydrogen-bond acceptors (Lipinski definition) is 2. The molecule has 1 atom stereocenters. The number of fused-ring (bicyclic) bond motifs is 1. The quantitative estimate of drug-likeness (QED) is 0.656. The highest BCUT2D eigenvalue weighted by Gasteiger charge is 2.27. The van der Waals surface area contributed by atoms with E-state index in [1.807, 2.05) is 0 Å². The van der Waals surface area contributed by atoms with Crippen LogP contribution in [0.5, 0.6) is 0 Å². The molecule has 1 heterocycles. The third-order valence-electron chi connectivity index (χ3n) is 5.20. The summed E-state index contributed by atoms with van der Waals surface area (Å²) in [5, 5.41) is 3.76. The lowest BCUT2D eigenvalue weighted by molar-refractivity contribution is 0.315. The van der Waals surface area contributed by atoms with Gasteiger partial charge in [0.25, 0.3) is 0 Å². The molecule has 124 valence electrons. The summed E-state index contributed by atoms with van der Waals surface area (Å²) in [7, 11) is 0. The molecular weight excluding hydrogens is 294 g/mol. The molecule has 1 aromatic heterocycles. The van der Waals surface area contributed by atoms with Crippen LogP contribution in [0.3, 0.4) is 0 Å². The Morgan fingerprint density at radius 3 is 2.50 bits per heavy atom. The first-order valence-corrected chi connectivity index (χ1v) is 9.07. The average molecular weight is 319 g/mol. The van der Waals surface area contributed by atoms with Crippen LogP contribution in [-0.2, 0) is 0 Å². The van der Waals surface area contributed by atoms with Crippen LogP contribution in [0, 0.1) is 12.8 Å². The van der Waals surface area contributed by atoms with Crippen molar-refractivity contribution in [3.63, 3.8) is 0 Å². The molecule has 0 saturated heterocycles. The van der Waals surface area contributed by atoms with E-state index < -0.39 is 0 Å². The highest BCUT2D eigenvalue weighted by atomic mass is 15.0. The maximum Gasteiger partial charge on any atom is 0.130 e. The molecule has 1 aliphatic rings. The Kier molecular flexibility index (Phi) is 4.24. The maximum absolute atomic E-state index is 4.88. The van der Waals surface area contributed by atoms with Crippen molar-refractivity contribution >= 4 is 16.7 Å². The summed E-state index contributed by atoms with van der Waals surface area (Å²) in [5.74, 6) is 1.71. The average Bonchev–Trinajstić information content (AvgIpc) is 3.06. The van der Waals surface area contributed by atoms with Gasteiger partial charge in [-0.05, 0) is 49.9 Å². The molecule has 0 aliphatic heterocycles. The summed E-state index contributed by atoms with van der Waals surface area (Å²) < 4.78 is 0. The van der Waals surface area contributed by atoms with Gasteiger partial charge in [0, 0.05) is 5.69 Å². The molecule has 1 fully saturated rings. The van der Waals surface area contributed by atoms with Gasteiger partial charge in [0.2, 0.25) is 0 Å². The second kappa shape index (κ2) is 6.68. The van der Waals surface area contributed by atoms with Crippen molar-refractivity contribution in [1.82, 2.24) is 9.97 Å². The van der Waals surface area contributed by atoms with Gasteiger partial charge in [0.05, 0.1) is 17.1 Å². The second-order valence-corrected chi connectivity index (χ2v) is 7.03. The van der Waals surface area contributed by atoms with Crippen molar-refractivity contribution in [3.05, 3.63) is 59.9 Å². The molecule has 4 rings (SSSR count). The number of aromatic amines is 1. The number of anilines is 1. The van der Waals surface area contributed by atoms with Gasteiger partial charge in [0.1, 0.15) is 5.82 Å². The monoisotopic (exact) mass is 319 g/mol. The molecule has 0 bridgehead atoms. The van der Waals surface area contributed by atoms with Crippen molar-refractivity contribution in [2.45, 2.75) is 45.1 Å². The number of aromatic nitrogens is 2. The van der Waals surface area contributed by atoms with Crippen molar-refractivity contribution in [1.29, 1.82) is 0 Å². The summed E-state index contributed by atoms with van der Waals surface area (Å²) in [6.07, 6.45) is 6.59. The number of nitrogens with zero attached hydrogens (tertiary/aromatic N) is 1. The van der Waals surface area contributed by atoms with E-state index in [4.69, 9.17) is 4.98 Å². The van der Waals surface area contributed by atoms with E-state index in [1.165, 1.54) is 43.4 Å². The number of imidazole rings is 1. The molecule has 24 heavy (non-hydrogen) atoms. The minimum Gasteiger partial charge on any atom is -0.375 e. The zero-order valence-corrected chi connectivity index (χ0v) is 14.3. The first kappa shape index (κ1) is 15.3. The standard InChI is InChI=1S/C21H25N3/c1-15-11-13-17(14-12-15)22-20(16-7-3-2-4-8-16)21-23-18-9-5-6-10-19(18)24-21/h5-6,9-14,16,20,22H,2-4,7-8H2,1H3,(H,23,24). The lowest BCUT2D eigenvalue weighted by Gasteiger charge is -2.30. The summed E-state index contributed by atoms with van der Waals surface area (Å²) in [5.41, 5.74) is 4.65. The highest BCUT2D eigenvalue weighted by molar-refractivity contribution is 5.75. The Morgan fingerprint density at radius 1 is 1.00 bits per heavy atom. The number of para-hydroxylation sites is 2. The Balaban J connectivity index is 1.67. The smallest absolute Gasteiger partial charge is 0.130 e. The van der Waals surface area contributed by atoms with E-state index in [1.54, 1.807) is 0 Å². The molecule has 0 spiro atoms. The van der Waals surface area contributed by atoms with Crippen LogP contribution in [0.1, 0.15) is 49.5 Å². The molecular formula is C21H25N3. The Bertz CT molecular complexity index is 764. The van der Waals surface area contributed by atoms with Gasteiger partial charge >= 0.3 is 0 Å². The third-order valence-corrected chi connectivity index (χ3v) is 5.20. The summed E-state index contributed by atoms with van der Waals surface area (Å²) in [4.78, 5) is 8.43. The zero-order chi connectivity index (χ0) is 16.4. The lowest BCUT2D eigenvalue weighted by atomic mass is 9.83. The van der Waals surface area contributed by atoms with Crippen LogP contribution >= 0.6 is 0 Å². The van der Waals surface area contributed by atoms with E-state index in [2.05, 4.69) is 65.8 Å². The van der Waals surface area contributed by atoms with Crippen LogP contribution in [0.4, 0.5) is 5.69 Å². The summed E-state index contributed by atoms with van der Waals surface area (Å²) in [6.45, 7) is 2.13. The van der Waals surface area contributed by atoms with E-state index in [0.29, 0.717) is 5.92 Å². The molecule has 1 saturated carbocycles. The minimum atomic E-state index is 0.250. The van der Waals surface area contributed by atoms with Gasteiger partial charge in [-0.25, -0.2) is 4.98 Å². The molecule has 1 unspecified atom stereocenters. The molecule has 3 nitrogen and oxygen atoms in total. The fourth-order valence-corrected chi connectivity index (χ4v) is 3.83. The van der Waals surface area contributed by atoms with Crippen LogP contribution in [-0.4, -0.2) is 9.97 Å². The molecule has 0 radical (unpaired) electrons. The van der Waals surface area contributed by atoms with Gasteiger partial charge in [-0.15, -0.1) is 0 Å². The molecule has 2 N–H and O–H groups in total. The number of aryl methyl sites for hydroxylation is 1. The number of H-pyrrole nitrogens is 1. The molecule has 2 aromatic carbocycles. The third kappa shape index (κ3) is 3.16. The first-order valence-electron chi connectivity index (χ1n) is 9.07. The van der Waals surface area contributed by atoms with E-state index in [0.717, 1.165) is 16.9 Å². The van der Waals surface area contributed by atoms with Gasteiger partial charge < -0.3 is 10.3 Å². The fourth-order valence-electron chi connectivity index (χ4n) is 3.83. The van der Waals surface area contributed by atoms with Gasteiger partial charge in [-0.1, -0.05) is 49.1 Å². The van der Waals surface area contributed by atoms with Crippen molar-refractivity contribution in [2.75, 3.05) is 5.32 Å². The largest absolute Gasteiger partial charge is 0.375 e. The van der Waals surface area contributed by atoms with E-state index in [9.17, 15) is 0 Å². The normalized spacial score (nSPS) is 17.0. The van der Waals surface area contributed by atoms with Crippen LogP contribution in [0.25, 0.3) is 11.0 Å². The number of nitrogens with one attached hydrogen (secondary N) is 2. The highest BCUT2D eigenvalue weighted by Crippen LogP contribution is 2.36. The Morgan fingerprint density at radius 2 is 1.75 bits per heavy atom. The van der Waals surface area contributed by atoms with Crippen molar-refractivity contribution < 1.29 is 0 Å². The Hall–Kier alpha value is -2.29. The number of benzene rings is 2. The van der Waals surface area contributed by atoms with Crippen LogP contribution in [0.2, 0.25) is 0 Å². The van der Waals surface area contributed by atoms with Gasteiger partial charge in [-0.3, -0.25) is 0 Å². The number of rotatable bonds is 4. The van der Waals surface area contributed by atoms with E-state index >= 15 is 0 Å². The first-order chi connectivity index (χ1) is 11.8. The predicted molar refractivity (Wildman–Crippen MR) is 100 cm³/mol. The van der Waals surface area contributed by atoms with Gasteiger partial charge in [0.15, 0.2) is 0 Å². The van der Waals surface area contributed by atoms with Gasteiger partial charge in [-0.2, -0.15) is 0 Å². The molecule has 3 heteroatoms. The van der Waals surface area contributed by atoms with Crippen molar-refractivity contribution in [2.24, 2.45) is 5.92 Å². The SMILES string of the molecule is Cc1ccc(NC(c2nc3ccccc3[nH]2)C2CCCCC2)cc1. The molecule has 0 amide bonds. The minimum absolute atomic E-state index is 0.250. The zero-order valence-electron chi connectivity index (χ0n) is 14.3.